The molecule has 0 bridgehead atoms. The highest BCUT2D eigenvalue weighted by Crippen LogP contribution is 2.00. The van der Waals surface area contributed by atoms with Crippen molar-refractivity contribution in [2.24, 2.45) is 5.18 Å². The van der Waals surface area contributed by atoms with Gasteiger partial charge in [0.25, 0.3) is 0 Å². The van der Waals surface area contributed by atoms with Gasteiger partial charge in [0.05, 0.1) is 0 Å². The number of halogens is 1. The van der Waals surface area contributed by atoms with Gasteiger partial charge in [0.2, 0.25) is 5.95 Å². The van der Waals surface area contributed by atoms with Crippen molar-refractivity contribution in [2.45, 2.75) is 6.54 Å². The Morgan fingerprint density at radius 1 is 1.70 bits per heavy atom. The number of aromatic nitrogens is 1. The van der Waals surface area contributed by atoms with E-state index in [9.17, 15) is 9.30 Å². The summed E-state index contributed by atoms with van der Waals surface area (Å²) in [5.41, 5.74) is 0.544. The molecule has 0 saturated heterocycles. The van der Waals surface area contributed by atoms with E-state index >= 15 is 0 Å². The summed E-state index contributed by atoms with van der Waals surface area (Å²) >= 11 is 0. The van der Waals surface area contributed by atoms with Crippen molar-refractivity contribution in [1.82, 2.24) is 4.98 Å². The van der Waals surface area contributed by atoms with Gasteiger partial charge < -0.3 is 0 Å². The Bertz CT molecular complexity index is 239. The first-order valence-corrected chi connectivity index (χ1v) is 2.72. The van der Waals surface area contributed by atoms with Gasteiger partial charge in [0, 0.05) is 6.20 Å². The lowest BCUT2D eigenvalue weighted by Crippen LogP contribution is -1.85. The van der Waals surface area contributed by atoms with Crippen LogP contribution in [-0.4, -0.2) is 4.98 Å². The molecule has 0 N–H and O–H groups in total. The maximum absolute atomic E-state index is 12.2. The molecule has 0 aliphatic heterocycles. The predicted molar refractivity (Wildman–Crippen MR) is 33.7 cm³/mol. The van der Waals surface area contributed by atoms with Crippen LogP contribution in [0.25, 0.3) is 0 Å². The summed E-state index contributed by atoms with van der Waals surface area (Å²) in [6.07, 6.45) is 1.30. The van der Waals surface area contributed by atoms with Gasteiger partial charge in [-0.25, -0.2) is 4.98 Å². The molecule has 1 aromatic heterocycles. The highest BCUT2D eigenvalue weighted by Gasteiger charge is 1.93. The molecule has 52 valence electrons. The van der Waals surface area contributed by atoms with E-state index in [1.165, 1.54) is 12.3 Å². The van der Waals surface area contributed by atoms with Crippen molar-refractivity contribution in [2.75, 3.05) is 0 Å². The van der Waals surface area contributed by atoms with E-state index in [-0.39, 0.29) is 6.54 Å². The van der Waals surface area contributed by atoms with Crippen LogP contribution in [0.3, 0.4) is 0 Å². The van der Waals surface area contributed by atoms with Crippen LogP contribution >= 0.6 is 0 Å². The molecule has 4 heteroatoms. The zero-order valence-corrected chi connectivity index (χ0v) is 5.12. The summed E-state index contributed by atoms with van der Waals surface area (Å²) in [5, 5.41) is 2.60. The second-order valence-corrected chi connectivity index (χ2v) is 1.77. The minimum absolute atomic E-state index is 0.000556. The highest BCUT2D eigenvalue weighted by molar-refractivity contribution is 5.10. The van der Waals surface area contributed by atoms with Crippen LogP contribution in [-0.2, 0) is 6.54 Å². The lowest BCUT2D eigenvalue weighted by atomic mass is 10.3. The van der Waals surface area contributed by atoms with Crippen LogP contribution in [0.2, 0.25) is 0 Å². The number of hydrogen-bond acceptors (Lipinski definition) is 3. The molecular formula is C6H5FN2O. The van der Waals surface area contributed by atoms with Crippen LogP contribution < -0.4 is 0 Å². The maximum atomic E-state index is 12.2. The molecule has 0 atom stereocenters. The number of nitrogens with zero attached hydrogens (tertiary/aromatic N) is 2. The maximum Gasteiger partial charge on any atom is 0.213 e. The fourth-order valence-electron chi connectivity index (χ4n) is 0.615. The smallest absolute Gasteiger partial charge is 0.213 e. The summed E-state index contributed by atoms with van der Waals surface area (Å²) in [7, 11) is 0. The number of hydrogen-bond donors (Lipinski definition) is 0. The third-order valence-corrected chi connectivity index (χ3v) is 1.04. The Balaban J connectivity index is 2.84. The predicted octanol–water partition coefficient (Wildman–Crippen LogP) is 1.49. The molecule has 0 radical (unpaired) electrons. The van der Waals surface area contributed by atoms with Gasteiger partial charge in [-0.1, -0.05) is 5.18 Å². The molecule has 0 saturated carbocycles. The molecule has 1 rings (SSSR count). The van der Waals surface area contributed by atoms with E-state index in [4.69, 9.17) is 0 Å². The first-order valence-electron chi connectivity index (χ1n) is 2.72. The normalized spacial score (nSPS) is 9.30. The van der Waals surface area contributed by atoms with Crippen LogP contribution in [0.4, 0.5) is 4.39 Å². The average molecular weight is 140 g/mol. The van der Waals surface area contributed by atoms with Crippen LogP contribution in [0.5, 0.6) is 0 Å². The van der Waals surface area contributed by atoms with Gasteiger partial charge in [-0.15, -0.1) is 0 Å². The standard InChI is InChI=1S/C6H5FN2O/c7-6-3-5(4-9-10)1-2-8-6/h1-3H,4H2. The largest absolute Gasteiger partial charge is 0.228 e. The van der Waals surface area contributed by atoms with Crippen molar-refractivity contribution in [3.8, 4) is 0 Å². The van der Waals surface area contributed by atoms with Gasteiger partial charge in [0.15, 0.2) is 0 Å². The monoisotopic (exact) mass is 140 g/mol. The van der Waals surface area contributed by atoms with Gasteiger partial charge in [-0.05, 0) is 17.7 Å². The summed E-state index contributed by atoms with van der Waals surface area (Å²) in [5.74, 6) is -0.582. The van der Waals surface area contributed by atoms with Gasteiger partial charge >= 0.3 is 0 Å². The number of pyridine rings is 1. The number of rotatable bonds is 2. The fourth-order valence-corrected chi connectivity index (χ4v) is 0.615. The Morgan fingerprint density at radius 2 is 2.50 bits per heavy atom. The van der Waals surface area contributed by atoms with E-state index in [1.807, 2.05) is 0 Å². The molecule has 1 aromatic rings. The molecule has 10 heavy (non-hydrogen) atoms. The Labute approximate surface area is 56.9 Å². The van der Waals surface area contributed by atoms with E-state index in [1.54, 1.807) is 6.07 Å². The summed E-state index contributed by atoms with van der Waals surface area (Å²) in [6, 6.07) is 2.73. The van der Waals surface area contributed by atoms with Crippen molar-refractivity contribution in [3.05, 3.63) is 34.7 Å². The van der Waals surface area contributed by atoms with Gasteiger partial charge in [-0.2, -0.15) is 9.30 Å². The molecule has 3 nitrogen and oxygen atoms in total. The quantitative estimate of drug-likeness (QED) is 0.461. The molecular weight excluding hydrogens is 135 g/mol. The van der Waals surface area contributed by atoms with Crippen LogP contribution in [0.1, 0.15) is 5.56 Å². The van der Waals surface area contributed by atoms with Crippen LogP contribution in [0, 0.1) is 10.9 Å². The van der Waals surface area contributed by atoms with Crippen molar-refractivity contribution < 1.29 is 4.39 Å². The summed E-state index contributed by atoms with van der Waals surface area (Å²) < 4.78 is 12.2. The Kier molecular flexibility index (Phi) is 2.04. The average Bonchev–Trinajstić information content (AvgIpc) is 1.88. The van der Waals surface area contributed by atoms with E-state index in [0.29, 0.717) is 5.56 Å². The first kappa shape index (κ1) is 6.80. The Morgan fingerprint density at radius 3 is 3.10 bits per heavy atom. The molecule has 0 aliphatic rings. The Hall–Kier alpha value is -1.32. The molecule has 0 aromatic carbocycles. The highest BCUT2D eigenvalue weighted by atomic mass is 19.1. The van der Waals surface area contributed by atoms with Gasteiger partial charge in [0.1, 0.15) is 6.54 Å². The lowest BCUT2D eigenvalue weighted by molar-refractivity contribution is 0.581. The van der Waals surface area contributed by atoms with Gasteiger partial charge in [-0.3, -0.25) is 0 Å². The van der Waals surface area contributed by atoms with E-state index in [0.717, 1.165) is 0 Å². The third-order valence-electron chi connectivity index (χ3n) is 1.04. The topological polar surface area (TPSA) is 42.3 Å². The van der Waals surface area contributed by atoms with Crippen molar-refractivity contribution in [3.63, 3.8) is 0 Å². The molecule has 0 unspecified atom stereocenters. The lowest BCUT2D eigenvalue weighted by Gasteiger charge is -1.90. The molecule has 0 spiro atoms. The summed E-state index contributed by atoms with van der Waals surface area (Å²) in [6.45, 7) is -0.000556. The second kappa shape index (κ2) is 3.00. The van der Waals surface area contributed by atoms with E-state index in [2.05, 4.69) is 10.2 Å². The minimum atomic E-state index is -0.582. The number of nitroso groups, excluding NO2 is 1. The fraction of sp³-hybridized carbons (Fsp3) is 0.167. The zero-order chi connectivity index (χ0) is 7.40. The molecule has 0 amide bonds. The molecule has 0 aliphatic carbocycles. The minimum Gasteiger partial charge on any atom is -0.228 e. The molecule has 0 fully saturated rings. The van der Waals surface area contributed by atoms with Crippen LogP contribution in [0.15, 0.2) is 23.5 Å². The SMILES string of the molecule is O=NCc1ccnc(F)c1. The second-order valence-electron chi connectivity index (χ2n) is 1.77. The first-order chi connectivity index (χ1) is 4.83. The third kappa shape index (κ3) is 1.58. The van der Waals surface area contributed by atoms with E-state index < -0.39 is 5.95 Å². The summed E-state index contributed by atoms with van der Waals surface area (Å²) in [4.78, 5) is 13.0. The zero-order valence-electron chi connectivity index (χ0n) is 5.12. The van der Waals surface area contributed by atoms with Crippen molar-refractivity contribution in [1.29, 1.82) is 0 Å². The van der Waals surface area contributed by atoms with Crippen molar-refractivity contribution >= 4 is 0 Å². The molecule has 1 heterocycles.